The van der Waals surface area contributed by atoms with Crippen LogP contribution in [0, 0.1) is 0 Å². The molecule has 0 bridgehead atoms. The van der Waals surface area contributed by atoms with Crippen molar-refractivity contribution in [1.82, 2.24) is 9.88 Å². The highest BCUT2D eigenvalue weighted by molar-refractivity contribution is 9.10. The van der Waals surface area contributed by atoms with Crippen LogP contribution < -0.4 is 0 Å². The van der Waals surface area contributed by atoms with Gasteiger partial charge in [0.15, 0.2) is 0 Å². The second-order valence-corrected chi connectivity index (χ2v) is 4.12. The lowest BCUT2D eigenvalue weighted by molar-refractivity contribution is -0.141. The maximum atomic E-state index is 11.9. The van der Waals surface area contributed by atoms with Crippen molar-refractivity contribution in [3.63, 3.8) is 0 Å². The molecule has 0 aliphatic carbocycles. The molecule has 1 aromatic heterocycles. The van der Waals surface area contributed by atoms with E-state index in [2.05, 4.69) is 20.9 Å². The van der Waals surface area contributed by atoms with Gasteiger partial charge in [-0.05, 0) is 35.0 Å². The molecule has 0 spiro atoms. The number of carbonyl (C=O) groups excluding carboxylic acids is 1. The molecule has 0 saturated carbocycles. The standard InChI is InChI=1S/C10H11BrN2O3/c1-6(10(15)16)13(2)9(14)8-7(11)4-3-5-12-8/h3-6H,1-2H3,(H,15,16). The van der Waals surface area contributed by atoms with Gasteiger partial charge in [0, 0.05) is 17.7 Å². The van der Waals surface area contributed by atoms with Crippen LogP contribution in [0.25, 0.3) is 0 Å². The molecule has 1 aromatic rings. The second kappa shape index (κ2) is 5.07. The first-order chi connectivity index (χ1) is 7.45. The average molecular weight is 287 g/mol. The molecule has 1 unspecified atom stereocenters. The van der Waals surface area contributed by atoms with Crippen LogP contribution in [0.3, 0.4) is 0 Å². The van der Waals surface area contributed by atoms with Crippen molar-refractivity contribution < 1.29 is 14.7 Å². The summed E-state index contributed by atoms with van der Waals surface area (Å²) in [6.07, 6.45) is 1.48. The Bertz CT molecular complexity index is 422. The molecular weight excluding hydrogens is 276 g/mol. The van der Waals surface area contributed by atoms with Crippen molar-refractivity contribution in [2.45, 2.75) is 13.0 Å². The number of carbonyl (C=O) groups is 2. The van der Waals surface area contributed by atoms with E-state index in [9.17, 15) is 9.59 Å². The van der Waals surface area contributed by atoms with Crippen molar-refractivity contribution in [3.8, 4) is 0 Å². The number of hydrogen-bond donors (Lipinski definition) is 1. The Morgan fingerprint density at radius 2 is 2.19 bits per heavy atom. The number of pyridine rings is 1. The molecule has 5 nitrogen and oxygen atoms in total. The predicted octanol–water partition coefficient (Wildman–Crippen LogP) is 1.39. The van der Waals surface area contributed by atoms with E-state index < -0.39 is 17.9 Å². The number of amides is 1. The monoisotopic (exact) mass is 286 g/mol. The Morgan fingerprint density at radius 3 is 2.69 bits per heavy atom. The summed E-state index contributed by atoms with van der Waals surface area (Å²) in [6.45, 7) is 1.44. The first kappa shape index (κ1) is 12.6. The molecule has 0 aliphatic heterocycles. The summed E-state index contributed by atoms with van der Waals surface area (Å²) in [6, 6.07) is 2.47. The molecular formula is C10H11BrN2O3. The molecule has 0 fully saturated rings. The van der Waals surface area contributed by atoms with Crippen LogP contribution in [0.5, 0.6) is 0 Å². The van der Waals surface area contributed by atoms with Gasteiger partial charge in [0.1, 0.15) is 11.7 Å². The fraction of sp³-hybridized carbons (Fsp3) is 0.300. The molecule has 0 saturated heterocycles. The number of nitrogens with zero attached hydrogens (tertiary/aromatic N) is 2. The molecule has 1 amide bonds. The van der Waals surface area contributed by atoms with Crippen molar-refractivity contribution in [3.05, 3.63) is 28.5 Å². The highest BCUT2D eigenvalue weighted by Crippen LogP contribution is 2.15. The molecule has 1 atom stereocenters. The third-order valence-electron chi connectivity index (χ3n) is 2.22. The van der Waals surface area contributed by atoms with Crippen molar-refractivity contribution in [2.24, 2.45) is 0 Å². The van der Waals surface area contributed by atoms with Gasteiger partial charge in [0.05, 0.1) is 0 Å². The van der Waals surface area contributed by atoms with Gasteiger partial charge in [-0.2, -0.15) is 0 Å². The summed E-state index contributed by atoms with van der Waals surface area (Å²) in [5, 5.41) is 8.79. The molecule has 0 aliphatic rings. The van der Waals surface area contributed by atoms with E-state index in [4.69, 9.17) is 5.11 Å². The van der Waals surface area contributed by atoms with Crippen molar-refractivity contribution >= 4 is 27.8 Å². The van der Waals surface area contributed by atoms with Gasteiger partial charge in [-0.3, -0.25) is 4.79 Å². The summed E-state index contributed by atoms with van der Waals surface area (Å²) in [7, 11) is 1.43. The maximum Gasteiger partial charge on any atom is 0.326 e. The van der Waals surface area contributed by atoms with Crippen LogP contribution in [-0.4, -0.2) is 40.0 Å². The van der Waals surface area contributed by atoms with Crippen molar-refractivity contribution in [1.29, 1.82) is 0 Å². The second-order valence-electron chi connectivity index (χ2n) is 3.26. The molecule has 1 heterocycles. The highest BCUT2D eigenvalue weighted by Gasteiger charge is 2.24. The van der Waals surface area contributed by atoms with Gasteiger partial charge < -0.3 is 10.0 Å². The first-order valence-corrected chi connectivity index (χ1v) is 5.35. The van der Waals surface area contributed by atoms with Gasteiger partial charge in [-0.15, -0.1) is 0 Å². The topological polar surface area (TPSA) is 70.5 Å². The number of aliphatic carboxylic acids is 1. The number of carboxylic acid groups (broad SMARTS) is 1. The molecule has 6 heteroatoms. The largest absolute Gasteiger partial charge is 0.480 e. The number of carboxylic acids is 1. The van der Waals surface area contributed by atoms with Crippen LogP contribution in [0.2, 0.25) is 0 Å². The predicted molar refractivity (Wildman–Crippen MR) is 61.1 cm³/mol. The van der Waals surface area contributed by atoms with E-state index in [0.717, 1.165) is 4.90 Å². The zero-order valence-corrected chi connectivity index (χ0v) is 10.4. The summed E-state index contributed by atoms with van der Waals surface area (Å²) in [5.74, 6) is -1.48. The molecule has 16 heavy (non-hydrogen) atoms. The quantitative estimate of drug-likeness (QED) is 0.912. The number of aromatic nitrogens is 1. The Morgan fingerprint density at radius 1 is 1.56 bits per heavy atom. The summed E-state index contributed by atoms with van der Waals surface area (Å²) in [5.41, 5.74) is 0.207. The van der Waals surface area contributed by atoms with Crippen LogP contribution in [0.1, 0.15) is 17.4 Å². The fourth-order valence-electron chi connectivity index (χ4n) is 1.05. The lowest BCUT2D eigenvalue weighted by atomic mass is 10.2. The van der Waals surface area contributed by atoms with E-state index >= 15 is 0 Å². The average Bonchev–Trinajstić information content (AvgIpc) is 2.26. The van der Waals surface area contributed by atoms with E-state index in [1.165, 1.54) is 20.2 Å². The van der Waals surface area contributed by atoms with Crippen LogP contribution in [0.15, 0.2) is 22.8 Å². The maximum absolute atomic E-state index is 11.9. The Balaban J connectivity index is 2.95. The van der Waals surface area contributed by atoms with E-state index in [1.54, 1.807) is 12.1 Å². The fourth-order valence-corrected chi connectivity index (χ4v) is 1.48. The summed E-state index contributed by atoms with van der Waals surface area (Å²) in [4.78, 5) is 27.7. The van der Waals surface area contributed by atoms with E-state index in [-0.39, 0.29) is 5.69 Å². The zero-order chi connectivity index (χ0) is 12.3. The van der Waals surface area contributed by atoms with Crippen LogP contribution in [-0.2, 0) is 4.79 Å². The molecule has 0 aromatic carbocycles. The van der Waals surface area contributed by atoms with Gasteiger partial charge in [-0.1, -0.05) is 0 Å². The van der Waals surface area contributed by atoms with Gasteiger partial charge in [0.25, 0.3) is 5.91 Å². The van der Waals surface area contributed by atoms with E-state index in [0.29, 0.717) is 4.47 Å². The zero-order valence-electron chi connectivity index (χ0n) is 8.85. The summed E-state index contributed by atoms with van der Waals surface area (Å²) >= 11 is 3.19. The molecule has 1 N–H and O–H groups in total. The normalized spacial score (nSPS) is 11.9. The summed E-state index contributed by atoms with van der Waals surface area (Å²) < 4.78 is 0.546. The molecule has 86 valence electrons. The smallest absolute Gasteiger partial charge is 0.326 e. The first-order valence-electron chi connectivity index (χ1n) is 4.55. The van der Waals surface area contributed by atoms with Crippen LogP contribution in [0.4, 0.5) is 0 Å². The van der Waals surface area contributed by atoms with Gasteiger partial charge in [-0.25, -0.2) is 9.78 Å². The lowest BCUT2D eigenvalue weighted by Gasteiger charge is -2.21. The molecule has 0 radical (unpaired) electrons. The number of hydrogen-bond acceptors (Lipinski definition) is 3. The molecule has 1 rings (SSSR count). The Kier molecular flexibility index (Phi) is 4.00. The Labute approximate surface area is 101 Å². The minimum absolute atomic E-state index is 0.207. The van der Waals surface area contributed by atoms with E-state index in [1.807, 2.05) is 0 Å². The van der Waals surface area contributed by atoms with Crippen LogP contribution >= 0.6 is 15.9 Å². The van der Waals surface area contributed by atoms with Gasteiger partial charge >= 0.3 is 5.97 Å². The Hall–Kier alpha value is -1.43. The lowest BCUT2D eigenvalue weighted by Crippen LogP contribution is -2.40. The number of likely N-dealkylation sites (N-methyl/N-ethyl adjacent to an activating group) is 1. The van der Waals surface area contributed by atoms with Crippen molar-refractivity contribution in [2.75, 3.05) is 7.05 Å². The minimum Gasteiger partial charge on any atom is -0.480 e. The number of halogens is 1. The highest BCUT2D eigenvalue weighted by atomic mass is 79.9. The van der Waals surface area contributed by atoms with Gasteiger partial charge in [0.2, 0.25) is 0 Å². The SMILES string of the molecule is CC(C(=O)O)N(C)C(=O)c1ncccc1Br. The third-order valence-corrected chi connectivity index (χ3v) is 2.86. The number of rotatable bonds is 3. The third kappa shape index (κ3) is 2.57. The minimum atomic E-state index is -1.05.